The summed E-state index contributed by atoms with van der Waals surface area (Å²) in [6.45, 7) is -0.0717. The van der Waals surface area contributed by atoms with E-state index in [1.165, 1.54) is 18.2 Å². The molecular formula is C13H10BrCl2NO3S. The Balaban J connectivity index is 2.30. The number of nitrogens with one attached hydrogen (secondary N) is 1. The summed E-state index contributed by atoms with van der Waals surface area (Å²) < 4.78 is 27.5. The monoisotopic (exact) mass is 409 g/mol. The summed E-state index contributed by atoms with van der Waals surface area (Å²) in [6, 6.07) is 9.33. The Labute approximate surface area is 140 Å². The zero-order valence-corrected chi connectivity index (χ0v) is 14.4. The fourth-order valence-electron chi connectivity index (χ4n) is 1.69. The van der Waals surface area contributed by atoms with Crippen molar-refractivity contribution in [2.24, 2.45) is 0 Å². The minimum atomic E-state index is -3.90. The lowest BCUT2D eigenvalue weighted by molar-refractivity contribution is 0.467. The van der Waals surface area contributed by atoms with Crippen LogP contribution in [0.2, 0.25) is 10.0 Å². The van der Waals surface area contributed by atoms with E-state index in [0.29, 0.717) is 10.0 Å². The SMILES string of the molecule is O=S(=O)(NCc1ccccc1O)c1c(Cl)cc(Br)cc1Cl. The van der Waals surface area contributed by atoms with Crippen LogP contribution in [0.4, 0.5) is 0 Å². The Morgan fingerprint density at radius 2 is 1.71 bits per heavy atom. The molecule has 21 heavy (non-hydrogen) atoms. The van der Waals surface area contributed by atoms with Gasteiger partial charge in [-0.2, -0.15) is 0 Å². The number of para-hydroxylation sites is 1. The van der Waals surface area contributed by atoms with Gasteiger partial charge in [-0.05, 0) is 18.2 Å². The molecule has 8 heteroatoms. The summed E-state index contributed by atoms with van der Waals surface area (Å²) in [5.74, 6) is 0.00759. The first-order valence-corrected chi connectivity index (χ1v) is 8.75. The number of phenolic OH excluding ortho intramolecular Hbond substituents is 1. The van der Waals surface area contributed by atoms with Crippen molar-refractivity contribution in [3.8, 4) is 5.75 Å². The fourth-order valence-corrected chi connectivity index (χ4v) is 4.63. The molecule has 0 aromatic heterocycles. The third-order valence-electron chi connectivity index (χ3n) is 2.68. The van der Waals surface area contributed by atoms with Crippen LogP contribution in [0.15, 0.2) is 45.8 Å². The lowest BCUT2D eigenvalue weighted by atomic mass is 10.2. The van der Waals surface area contributed by atoms with Gasteiger partial charge in [0.1, 0.15) is 10.6 Å². The molecule has 0 aliphatic carbocycles. The van der Waals surface area contributed by atoms with Crippen LogP contribution in [0.5, 0.6) is 5.75 Å². The molecule has 2 aromatic rings. The van der Waals surface area contributed by atoms with Crippen molar-refractivity contribution >= 4 is 49.2 Å². The van der Waals surface area contributed by atoms with E-state index in [-0.39, 0.29) is 27.2 Å². The van der Waals surface area contributed by atoms with Crippen molar-refractivity contribution in [2.45, 2.75) is 11.4 Å². The number of sulfonamides is 1. The topological polar surface area (TPSA) is 66.4 Å². The van der Waals surface area contributed by atoms with E-state index < -0.39 is 10.0 Å². The molecule has 0 saturated heterocycles. The highest BCUT2D eigenvalue weighted by Crippen LogP contribution is 2.32. The molecule has 0 bridgehead atoms. The van der Waals surface area contributed by atoms with E-state index in [2.05, 4.69) is 20.7 Å². The van der Waals surface area contributed by atoms with Gasteiger partial charge in [0.15, 0.2) is 0 Å². The van der Waals surface area contributed by atoms with Crippen LogP contribution in [0, 0.1) is 0 Å². The second kappa shape index (κ2) is 6.54. The zero-order chi connectivity index (χ0) is 15.6. The highest BCUT2D eigenvalue weighted by atomic mass is 79.9. The molecule has 4 nitrogen and oxygen atoms in total. The second-order valence-electron chi connectivity index (χ2n) is 4.15. The molecule has 2 aromatic carbocycles. The molecule has 0 aliphatic heterocycles. The first-order chi connectivity index (χ1) is 9.81. The number of phenols is 1. The summed E-state index contributed by atoms with van der Waals surface area (Å²) in [5, 5.41) is 9.66. The van der Waals surface area contributed by atoms with Crippen LogP contribution < -0.4 is 4.72 Å². The molecule has 2 rings (SSSR count). The Bertz CT molecular complexity index is 758. The summed E-state index contributed by atoms with van der Waals surface area (Å²) in [7, 11) is -3.90. The average molecular weight is 411 g/mol. The third kappa shape index (κ3) is 3.90. The number of hydrogen-bond donors (Lipinski definition) is 2. The lowest BCUT2D eigenvalue weighted by Gasteiger charge is -2.11. The number of halogens is 3. The van der Waals surface area contributed by atoms with Crippen molar-refractivity contribution in [1.82, 2.24) is 4.72 Å². The van der Waals surface area contributed by atoms with Gasteiger partial charge in [0.2, 0.25) is 10.0 Å². The van der Waals surface area contributed by atoms with Crippen molar-refractivity contribution < 1.29 is 13.5 Å². The van der Waals surface area contributed by atoms with E-state index >= 15 is 0 Å². The maximum absolute atomic E-state index is 12.3. The quantitative estimate of drug-likeness (QED) is 0.802. The Kier molecular flexibility index (Phi) is 5.16. The van der Waals surface area contributed by atoms with E-state index in [1.807, 2.05) is 0 Å². The van der Waals surface area contributed by atoms with E-state index in [4.69, 9.17) is 23.2 Å². The fraction of sp³-hybridized carbons (Fsp3) is 0.0769. The molecular weight excluding hydrogens is 401 g/mol. The van der Waals surface area contributed by atoms with Crippen LogP contribution in [-0.2, 0) is 16.6 Å². The van der Waals surface area contributed by atoms with Gasteiger partial charge in [0, 0.05) is 16.6 Å². The van der Waals surface area contributed by atoms with Gasteiger partial charge in [-0.3, -0.25) is 0 Å². The highest BCUT2D eigenvalue weighted by molar-refractivity contribution is 9.10. The van der Waals surface area contributed by atoms with Crippen LogP contribution in [0.25, 0.3) is 0 Å². The smallest absolute Gasteiger partial charge is 0.243 e. The number of rotatable bonds is 4. The molecule has 0 spiro atoms. The predicted molar refractivity (Wildman–Crippen MR) is 86.3 cm³/mol. The van der Waals surface area contributed by atoms with E-state index in [0.717, 1.165) is 0 Å². The van der Waals surface area contributed by atoms with Gasteiger partial charge in [-0.1, -0.05) is 57.3 Å². The van der Waals surface area contributed by atoms with Crippen molar-refractivity contribution in [2.75, 3.05) is 0 Å². The van der Waals surface area contributed by atoms with Crippen molar-refractivity contribution in [3.05, 3.63) is 56.5 Å². The molecule has 0 aliphatic rings. The summed E-state index contributed by atoms with van der Waals surface area (Å²) >= 11 is 15.1. The van der Waals surface area contributed by atoms with Crippen molar-refractivity contribution in [3.63, 3.8) is 0 Å². The Hall–Kier alpha value is -0.790. The zero-order valence-electron chi connectivity index (χ0n) is 10.5. The van der Waals surface area contributed by atoms with Crippen LogP contribution in [0.3, 0.4) is 0 Å². The molecule has 0 amide bonds. The second-order valence-corrected chi connectivity index (χ2v) is 7.59. The van der Waals surface area contributed by atoms with Gasteiger partial charge < -0.3 is 5.11 Å². The minimum absolute atomic E-state index is 0.00759. The molecule has 0 unspecified atom stereocenters. The van der Waals surface area contributed by atoms with Gasteiger partial charge in [-0.15, -0.1) is 0 Å². The van der Waals surface area contributed by atoms with Gasteiger partial charge in [0.05, 0.1) is 10.0 Å². The molecule has 112 valence electrons. The number of benzene rings is 2. The molecule has 2 N–H and O–H groups in total. The molecule has 0 atom stereocenters. The molecule has 0 heterocycles. The Morgan fingerprint density at radius 3 is 2.29 bits per heavy atom. The average Bonchev–Trinajstić information content (AvgIpc) is 2.36. The lowest BCUT2D eigenvalue weighted by Crippen LogP contribution is -2.24. The Morgan fingerprint density at radius 1 is 1.14 bits per heavy atom. The van der Waals surface area contributed by atoms with E-state index in [9.17, 15) is 13.5 Å². The van der Waals surface area contributed by atoms with Gasteiger partial charge in [0.25, 0.3) is 0 Å². The summed E-state index contributed by atoms with van der Waals surface area (Å²) in [4.78, 5) is -0.190. The molecule has 0 saturated carbocycles. The number of hydrogen-bond acceptors (Lipinski definition) is 3. The minimum Gasteiger partial charge on any atom is -0.508 e. The predicted octanol–water partition coefficient (Wildman–Crippen LogP) is 3.94. The molecule has 0 fully saturated rings. The van der Waals surface area contributed by atoms with Gasteiger partial charge in [-0.25, -0.2) is 13.1 Å². The van der Waals surface area contributed by atoms with Crippen LogP contribution in [-0.4, -0.2) is 13.5 Å². The molecule has 0 radical (unpaired) electrons. The van der Waals surface area contributed by atoms with E-state index in [1.54, 1.807) is 18.2 Å². The first kappa shape index (κ1) is 16.6. The van der Waals surface area contributed by atoms with Gasteiger partial charge >= 0.3 is 0 Å². The largest absolute Gasteiger partial charge is 0.508 e. The van der Waals surface area contributed by atoms with Crippen LogP contribution in [0.1, 0.15) is 5.56 Å². The van der Waals surface area contributed by atoms with Crippen molar-refractivity contribution in [1.29, 1.82) is 0 Å². The third-order valence-corrected chi connectivity index (χ3v) is 5.46. The maximum Gasteiger partial charge on any atom is 0.243 e. The summed E-state index contributed by atoms with van der Waals surface area (Å²) in [5.41, 5.74) is 0.449. The van der Waals surface area contributed by atoms with Crippen LogP contribution >= 0.6 is 39.1 Å². The highest BCUT2D eigenvalue weighted by Gasteiger charge is 2.22. The maximum atomic E-state index is 12.3. The summed E-state index contributed by atoms with van der Waals surface area (Å²) in [6.07, 6.45) is 0. The number of aromatic hydroxyl groups is 1. The normalized spacial score (nSPS) is 11.6. The standard InChI is InChI=1S/C13H10BrCl2NO3S/c14-9-5-10(15)13(11(16)6-9)21(19,20)17-7-8-3-1-2-4-12(8)18/h1-6,17-18H,7H2. The first-order valence-electron chi connectivity index (χ1n) is 5.72.